The van der Waals surface area contributed by atoms with Gasteiger partial charge < -0.3 is 0 Å². The molecule has 2 aromatic rings. The summed E-state index contributed by atoms with van der Waals surface area (Å²) in [6.07, 6.45) is 1.25. The molecular weight excluding hydrogens is 266 g/mol. The van der Waals surface area contributed by atoms with E-state index in [1.54, 1.807) is 37.3 Å². The molecule has 1 atom stereocenters. The first-order chi connectivity index (χ1) is 9.04. The number of aromatic nitrogens is 2. The number of H-pyrrole nitrogens is 1. The molecule has 0 saturated carbocycles. The van der Waals surface area contributed by atoms with Crippen LogP contribution in [0.2, 0.25) is 5.02 Å². The van der Waals surface area contributed by atoms with Crippen LogP contribution in [0, 0.1) is 11.3 Å². The maximum absolute atomic E-state index is 11.8. The topological polar surface area (TPSA) is 78.7 Å². The van der Waals surface area contributed by atoms with Crippen molar-refractivity contribution in [2.45, 2.75) is 13.0 Å². The highest BCUT2D eigenvalue weighted by atomic mass is 35.5. The van der Waals surface area contributed by atoms with Crippen LogP contribution >= 0.6 is 11.6 Å². The van der Waals surface area contributed by atoms with Gasteiger partial charge in [-0.2, -0.15) is 5.26 Å². The molecular formula is C13H10ClN3O2. The number of aromatic amines is 1. The van der Waals surface area contributed by atoms with Crippen LogP contribution in [0.25, 0.3) is 0 Å². The Morgan fingerprint density at radius 2 is 2.05 bits per heavy atom. The van der Waals surface area contributed by atoms with Crippen molar-refractivity contribution in [1.29, 1.82) is 5.26 Å². The van der Waals surface area contributed by atoms with Gasteiger partial charge in [0.2, 0.25) is 0 Å². The van der Waals surface area contributed by atoms with Crippen LogP contribution in [0.4, 0.5) is 0 Å². The molecule has 0 bridgehead atoms. The number of benzene rings is 1. The third-order valence-corrected chi connectivity index (χ3v) is 3.21. The summed E-state index contributed by atoms with van der Waals surface area (Å²) in [5.74, 6) is 0. The summed E-state index contributed by atoms with van der Waals surface area (Å²) in [5, 5.41) is 9.35. The van der Waals surface area contributed by atoms with Gasteiger partial charge in [0.25, 0.3) is 5.56 Å². The lowest BCUT2D eigenvalue weighted by atomic mass is 10.1. The number of hydrogen-bond donors (Lipinski definition) is 1. The van der Waals surface area contributed by atoms with Crippen molar-refractivity contribution in [2.75, 3.05) is 0 Å². The van der Waals surface area contributed by atoms with Crippen LogP contribution in [-0.4, -0.2) is 9.55 Å². The first-order valence-electron chi connectivity index (χ1n) is 5.54. The van der Waals surface area contributed by atoms with Gasteiger partial charge in [0.05, 0.1) is 6.04 Å². The fraction of sp³-hybridized carbons (Fsp3) is 0.154. The predicted molar refractivity (Wildman–Crippen MR) is 71.3 cm³/mol. The fourth-order valence-electron chi connectivity index (χ4n) is 1.82. The SMILES string of the molecule is CC(c1ccccc1Cl)n1cc(C#N)c(=O)[nH]c1=O. The highest BCUT2D eigenvalue weighted by Gasteiger charge is 2.14. The number of hydrogen-bond acceptors (Lipinski definition) is 3. The second kappa shape index (κ2) is 5.12. The number of nitrogens with zero attached hydrogens (tertiary/aromatic N) is 2. The second-order valence-electron chi connectivity index (χ2n) is 4.02. The summed E-state index contributed by atoms with van der Waals surface area (Å²) >= 11 is 6.07. The molecule has 1 aromatic carbocycles. The minimum atomic E-state index is -0.685. The molecule has 0 aliphatic carbocycles. The van der Waals surface area contributed by atoms with Gasteiger partial charge in [-0.25, -0.2) is 4.79 Å². The average Bonchev–Trinajstić information content (AvgIpc) is 2.39. The van der Waals surface area contributed by atoms with Crippen LogP contribution in [0.15, 0.2) is 40.1 Å². The number of nitrogens with one attached hydrogen (secondary N) is 1. The summed E-state index contributed by atoms with van der Waals surface area (Å²) in [4.78, 5) is 25.2. The Hall–Kier alpha value is -2.32. The van der Waals surface area contributed by atoms with Crippen LogP contribution in [-0.2, 0) is 0 Å². The van der Waals surface area contributed by atoms with Gasteiger partial charge in [-0.05, 0) is 18.6 Å². The molecule has 0 aliphatic heterocycles. The van der Waals surface area contributed by atoms with E-state index in [1.165, 1.54) is 10.8 Å². The zero-order chi connectivity index (χ0) is 14.0. The van der Waals surface area contributed by atoms with Crippen molar-refractivity contribution in [3.8, 4) is 6.07 Å². The summed E-state index contributed by atoms with van der Waals surface area (Å²) < 4.78 is 1.28. The zero-order valence-electron chi connectivity index (χ0n) is 10.1. The van der Waals surface area contributed by atoms with Crippen molar-refractivity contribution in [3.63, 3.8) is 0 Å². The summed E-state index contributed by atoms with van der Waals surface area (Å²) in [7, 11) is 0. The lowest BCUT2D eigenvalue weighted by molar-refractivity contribution is 0.593. The minimum Gasteiger partial charge on any atom is -0.292 e. The van der Waals surface area contributed by atoms with Crippen LogP contribution < -0.4 is 11.2 Å². The van der Waals surface area contributed by atoms with Crippen molar-refractivity contribution < 1.29 is 0 Å². The van der Waals surface area contributed by atoms with Gasteiger partial charge >= 0.3 is 5.69 Å². The first kappa shape index (κ1) is 13.1. The lowest BCUT2D eigenvalue weighted by Gasteiger charge is -2.16. The number of rotatable bonds is 2. The minimum absolute atomic E-state index is 0.112. The highest BCUT2D eigenvalue weighted by molar-refractivity contribution is 6.31. The molecule has 1 N–H and O–H groups in total. The zero-order valence-corrected chi connectivity index (χ0v) is 10.8. The van der Waals surface area contributed by atoms with Crippen LogP contribution in [0.5, 0.6) is 0 Å². The molecule has 0 aliphatic rings. The van der Waals surface area contributed by atoms with Gasteiger partial charge in [0, 0.05) is 11.2 Å². The largest absolute Gasteiger partial charge is 0.328 e. The molecule has 1 heterocycles. The van der Waals surface area contributed by atoms with Crippen molar-refractivity contribution in [1.82, 2.24) is 9.55 Å². The van der Waals surface area contributed by atoms with Gasteiger partial charge in [-0.3, -0.25) is 14.3 Å². The molecule has 0 amide bonds. The Morgan fingerprint density at radius 3 is 2.68 bits per heavy atom. The third-order valence-electron chi connectivity index (χ3n) is 2.86. The molecule has 6 heteroatoms. The maximum atomic E-state index is 11.8. The average molecular weight is 276 g/mol. The second-order valence-corrected chi connectivity index (χ2v) is 4.43. The van der Waals surface area contributed by atoms with Crippen LogP contribution in [0.3, 0.4) is 0 Å². The highest BCUT2D eigenvalue weighted by Crippen LogP contribution is 2.24. The number of halogens is 1. The van der Waals surface area contributed by atoms with Gasteiger partial charge in [-0.15, -0.1) is 0 Å². The molecule has 1 aromatic heterocycles. The Kier molecular flexibility index (Phi) is 3.54. The van der Waals surface area contributed by atoms with E-state index >= 15 is 0 Å². The smallest absolute Gasteiger partial charge is 0.292 e. The quantitative estimate of drug-likeness (QED) is 0.905. The molecule has 2 rings (SSSR count). The van der Waals surface area contributed by atoms with E-state index in [1.807, 2.05) is 0 Å². The normalized spacial score (nSPS) is 11.8. The molecule has 96 valence electrons. The van der Waals surface area contributed by atoms with E-state index in [0.29, 0.717) is 5.02 Å². The molecule has 5 nitrogen and oxygen atoms in total. The van der Waals surface area contributed by atoms with Gasteiger partial charge in [0.1, 0.15) is 11.6 Å². The van der Waals surface area contributed by atoms with E-state index in [2.05, 4.69) is 4.98 Å². The standard InChI is InChI=1S/C13H10ClN3O2/c1-8(10-4-2-3-5-11(10)14)17-7-9(6-15)12(18)16-13(17)19/h2-5,7-8H,1H3,(H,16,18,19). The molecule has 1 unspecified atom stereocenters. The molecule has 0 saturated heterocycles. The van der Waals surface area contributed by atoms with Crippen molar-refractivity contribution in [3.05, 3.63) is 67.4 Å². The van der Waals surface area contributed by atoms with Crippen molar-refractivity contribution in [2.24, 2.45) is 0 Å². The summed E-state index contributed by atoms with van der Waals surface area (Å²) in [5.41, 5.74) is -0.632. The van der Waals surface area contributed by atoms with E-state index in [0.717, 1.165) is 5.56 Å². The molecule has 19 heavy (non-hydrogen) atoms. The van der Waals surface area contributed by atoms with Crippen molar-refractivity contribution >= 4 is 11.6 Å². The van der Waals surface area contributed by atoms with E-state index < -0.39 is 11.2 Å². The Morgan fingerprint density at radius 1 is 1.37 bits per heavy atom. The molecule has 0 spiro atoms. The Balaban J connectivity index is 2.60. The number of nitriles is 1. The predicted octanol–water partition coefficient (Wildman–Crippen LogP) is 1.67. The van der Waals surface area contributed by atoms with E-state index in [9.17, 15) is 9.59 Å². The summed E-state index contributed by atoms with van der Waals surface area (Å²) in [6, 6.07) is 8.46. The Labute approximate surface area is 113 Å². The van der Waals surface area contributed by atoms with E-state index in [-0.39, 0.29) is 11.6 Å². The van der Waals surface area contributed by atoms with E-state index in [4.69, 9.17) is 16.9 Å². The van der Waals surface area contributed by atoms with Gasteiger partial charge in [-0.1, -0.05) is 29.8 Å². The summed E-state index contributed by atoms with van der Waals surface area (Å²) in [6.45, 7) is 1.77. The first-order valence-corrected chi connectivity index (χ1v) is 5.92. The fourth-order valence-corrected chi connectivity index (χ4v) is 2.11. The monoisotopic (exact) mass is 275 g/mol. The Bertz CT molecular complexity index is 770. The van der Waals surface area contributed by atoms with Gasteiger partial charge in [0.15, 0.2) is 0 Å². The molecule has 0 fully saturated rings. The lowest BCUT2D eigenvalue weighted by Crippen LogP contribution is -2.33. The van der Waals surface area contributed by atoms with Crippen LogP contribution in [0.1, 0.15) is 24.1 Å². The maximum Gasteiger partial charge on any atom is 0.328 e. The molecule has 0 radical (unpaired) electrons. The third kappa shape index (κ3) is 2.44.